The predicted molar refractivity (Wildman–Crippen MR) is 71.0 cm³/mol. The molecule has 4 atom stereocenters. The summed E-state index contributed by atoms with van der Waals surface area (Å²) in [5.41, 5.74) is 6.76. The summed E-state index contributed by atoms with van der Waals surface area (Å²) in [4.78, 5) is 2.63. The van der Waals surface area contributed by atoms with Gasteiger partial charge < -0.3 is 10.5 Å². The van der Waals surface area contributed by atoms with E-state index in [1.807, 2.05) is 0 Å². The summed E-state index contributed by atoms with van der Waals surface area (Å²) in [7, 11) is 0. The molecule has 0 aromatic heterocycles. The lowest BCUT2D eigenvalue weighted by molar-refractivity contribution is -0.0751. The molecule has 0 spiro atoms. The summed E-state index contributed by atoms with van der Waals surface area (Å²) in [5.74, 6) is 0. The predicted octanol–water partition coefficient (Wildman–Crippen LogP) is 2.00. The highest BCUT2D eigenvalue weighted by Crippen LogP contribution is 2.40. The molecule has 4 unspecified atom stereocenters. The van der Waals surface area contributed by atoms with Crippen molar-refractivity contribution in [2.75, 3.05) is 13.2 Å². The van der Waals surface area contributed by atoms with E-state index in [0.717, 1.165) is 19.6 Å². The fraction of sp³-hybridized carbons (Fsp3) is 1.00. The summed E-state index contributed by atoms with van der Waals surface area (Å²) in [6.07, 6.45) is 4.02. The van der Waals surface area contributed by atoms with E-state index in [9.17, 15) is 0 Å². The van der Waals surface area contributed by atoms with Crippen LogP contribution in [0.4, 0.5) is 0 Å². The third-order valence-corrected chi connectivity index (χ3v) is 4.81. The zero-order valence-corrected chi connectivity index (χ0v) is 11.8. The smallest absolute Gasteiger partial charge is 0.0674 e. The molecule has 2 N–H and O–H groups in total. The molecule has 100 valence electrons. The Morgan fingerprint density at radius 1 is 1.41 bits per heavy atom. The largest absolute Gasteiger partial charge is 0.376 e. The quantitative estimate of drug-likeness (QED) is 0.802. The zero-order chi connectivity index (χ0) is 12.6. The highest BCUT2D eigenvalue weighted by Gasteiger charge is 2.44. The molecule has 2 aliphatic rings. The van der Waals surface area contributed by atoms with E-state index in [4.69, 9.17) is 10.5 Å². The number of morpholine rings is 1. The van der Waals surface area contributed by atoms with Crippen molar-refractivity contribution in [1.82, 2.24) is 4.90 Å². The molecule has 3 nitrogen and oxygen atoms in total. The van der Waals surface area contributed by atoms with Gasteiger partial charge in [0.05, 0.1) is 12.7 Å². The maximum Gasteiger partial charge on any atom is 0.0674 e. The lowest BCUT2D eigenvalue weighted by Crippen LogP contribution is -2.58. The van der Waals surface area contributed by atoms with Crippen molar-refractivity contribution in [3.05, 3.63) is 0 Å². The second-order valence-corrected chi connectivity index (χ2v) is 6.52. The van der Waals surface area contributed by atoms with Gasteiger partial charge in [-0.3, -0.25) is 4.90 Å². The third kappa shape index (κ3) is 2.51. The molecule has 1 aliphatic carbocycles. The highest BCUT2D eigenvalue weighted by atomic mass is 16.5. The zero-order valence-electron chi connectivity index (χ0n) is 11.8. The second-order valence-electron chi connectivity index (χ2n) is 6.52. The second kappa shape index (κ2) is 4.87. The first-order valence-electron chi connectivity index (χ1n) is 7.08. The van der Waals surface area contributed by atoms with Crippen LogP contribution in [0.3, 0.4) is 0 Å². The number of rotatable bonds is 2. The molecular formula is C14H28N2O. The number of hydrogen-bond acceptors (Lipinski definition) is 3. The number of ether oxygens (including phenoxy) is 1. The first-order valence-corrected chi connectivity index (χ1v) is 7.08. The van der Waals surface area contributed by atoms with Gasteiger partial charge in [-0.15, -0.1) is 0 Å². The molecule has 0 aromatic rings. The molecule has 2 rings (SSSR count). The van der Waals surface area contributed by atoms with Crippen molar-refractivity contribution in [3.8, 4) is 0 Å². The third-order valence-electron chi connectivity index (χ3n) is 4.81. The summed E-state index contributed by atoms with van der Waals surface area (Å²) in [6.45, 7) is 11.0. The van der Waals surface area contributed by atoms with E-state index in [1.165, 1.54) is 12.8 Å². The van der Waals surface area contributed by atoms with E-state index in [1.54, 1.807) is 0 Å². The van der Waals surface area contributed by atoms with Gasteiger partial charge in [0.25, 0.3) is 0 Å². The van der Waals surface area contributed by atoms with Crippen LogP contribution in [-0.4, -0.2) is 42.3 Å². The molecule has 0 amide bonds. The molecule has 1 saturated carbocycles. The molecule has 1 aliphatic heterocycles. The van der Waals surface area contributed by atoms with E-state index < -0.39 is 0 Å². The maximum atomic E-state index is 6.47. The standard InChI is InChI=1S/C14H28N2O/c1-5-11-9-17-10(2)8-16(11)12-6-7-14(3,4)13(12)15/h10-13H,5-9,15H2,1-4H3. The Hall–Kier alpha value is -0.120. The van der Waals surface area contributed by atoms with Gasteiger partial charge >= 0.3 is 0 Å². The lowest BCUT2D eigenvalue weighted by atomic mass is 9.86. The van der Waals surface area contributed by atoms with Gasteiger partial charge in [-0.05, 0) is 31.6 Å². The molecule has 3 heteroatoms. The van der Waals surface area contributed by atoms with E-state index >= 15 is 0 Å². The van der Waals surface area contributed by atoms with Gasteiger partial charge in [-0.25, -0.2) is 0 Å². The van der Waals surface area contributed by atoms with E-state index in [-0.39, 0.29) is 0 Å². The highest BCUT2D eigenvalue weighted by molar-refractivity contribution is 5.01. The minimum atomic E-state index is 0.296. The van der Waals surface area contributed by atoms with Crippen LogP contribution in [0.25, 0.3) is 0 Å². The van der Waals surface area contributed by atoms with Crippen LogP contribution in [0.2, 0.25) is 0 Å². The van der Waals surface area contributed by atoms with Crippen LogP contribution in [0.5, 0.6) is 0 Å². The first kappa shape index (κ1) is 13.3. The Morgan fingerprint density at radius 3 is 2.65 bits per heavy atom. The molecule has 1 saturated heterocycles. The lowest BCUT2D eigenvalue weighted by Gasteiger charge is -2.44. The van der Waals surface area contributed by atoms with Crippen LogP contribution in [0.1, 0.15) is 47.0 Å². The topological polar surface area (TPSA) is 38.5 Å². The Balaban J connectivity index is 2.09. The molecule has 1 heterocycles. The van der Waals surface area contributed by atoms with Gasteiger partial charge in [-0.1, -0.05) is 20.8 Å². The number of hydrogen-bond donors (Lipinski definition) is 1. The van der Waals surface area contributed by atoms with E-state index in [0.29, 0.717) is 29.6 Å². The monoisotopic (exact) mass is 240 g/mol. The molecule has 0 aromatic carbocycles. The van der Waals surface area contributed by atoms with Crippen LogP contribution in [-0.2, 0) is 4.74 Å². The SMILES string of the molecule is CCC1COC(C)CN1C1CCC(C)(C)C1N. The van der Waals surface area contributed by atoms with Gasteiger partial charge in [0.1, 0.15) is 0 Å². The fourth-order valence-corrected chi connectivity index (χ4v) is 3.39. The summed E-state index contributed by atoms with van der Waals surface area (Å²) >= 11 is 0. The van der Waals surface area contributed by atoms with Gasteiger partial charge in [-0.2, -0.15) is 0 Å². The fourth-order valence-electron chi connectivity index (χ4n) is 3.39. The normalized spacial score (nSPS) is 42.9. The van der Waals surface area contributed by atoms with Gasteiger partial charge in [0.15, 0.2) is 0 Å². The van der Waals surface area contributed by atoms with Crippen LogP contribution in [0, 0.1) is 5.41 Å². The van der Waals surface area contributed by atoms with Crippen LogP contribution < -0.4 is 5.73 Å². The maximum absolute atomic E-state index is 6.47. The van der Waals surface area contributed by atoms with E-state index in [2.05, 4.69) is 32.6 Å². The Morgan fingerprint density at radius 2 is 2.12 bits per heavy atom. The number of nitrogens with two attached hydrogens (primary N) is 1. The summed E-state index contributed by atoms with van der Waals surface area (Å²) in [6, 6.07) is 1.43. The molecule has 2 fully saturated rings. The molecular weight excluding hydrogens is 212 g/mol. The molecule has 0 bridgehead atoms. The summed E-state index contributed by atoms with van der Waals surface area (Å²) < 4.78 is 5.78. The number of nitrogens with zero attached hydrogens (tertiary/aromatic N) is 1. The van der Waals surface area contributed by atoms with Crippen LogP contribution >= 0.6 is 0 Å². The minimum Gasteiger partial charge on any atom is -0.376 e. The van der Waals surface area contributed by atoms with Crippen molar-refractivity contribution < 1.29 is 4.74 Å². The van der Waals surface area contributed by atoms with Gasteiger partial charge in [0.2, 0.25) is 0 Å². The van der Waals surface area contributed by atoms with Crippen molar-refractivity contribution >= 4 is 0 Å². The average molecular weight is 240 g/mol. The van der Waals surface area contributed by atoms with Crippen LogP contribution in [0.15, 0.2) is 0 Å². The Bertz CT molecular complexity index is 267. The Labute approximate surface area is 106 Å². The minimum absolute atomic E-state index is 0.296. The van der Waals surface area contributed by atoms with Crippen molar-refractivity contribution in [1.29, 1.82) is 0 Å². The van der Waals surface area contributed by atoms with Gasteiger partial charge in [0, 0.05) is 24.7 Å². The molecule has 17 heavy (non-hydrogen) atoms. The van der Waals surface area contributed by atoms with Crippen molar-refractivity contribution in [3.63, 3.8) is 0 Å². The summed E-state index contributed by atoms with van der Waals surface area (Å²) in [5, 5.41) is 0. The average Bonchev–Trinajstić information content (AvgIpc) is 2.54. The molecule has 0 radical (unpaired) electrons. The van der Waals surface area contributed by atoms with Crippen molar-refractivity contribution in [2.24, 2.45) is 11.1 Å². The first-order chi connectivity index (χ1) is 7.95. The van der Waals surface area contributed by atoms with Crippen molar-refractivity contribution in [2.45, 2.75) is 71.2 Å². The Kier molecular flexibility index (Phi) is 3.81.